The summed E-state index contributed by atoms with van der Waals surface area (Å²) < 4.78 is 6.89. The van der Waals surface area contributed by atoms with Crippen LogP contribution in [0, 0.1) is 0 Å². The molecule has 0 radical (unpaired) electrons. The van der Waals surface area contributed by atoms with E-state index in [1.165, 1.54) is 12.2 Å². The number of aromatic nitrogens is 1. The van der Waals surface area contributed by atoms with Crippen molar-refractivity contribution >= 4 is 17.6 Å². The molecule has 0 saturated carbocycles. The van der Waals surface area contributed by atoms with Crippen LogP contribution in [-0.4, -0.2) is 64.2 Å². The van der Waals surface area contributed by atoms with Gasteiger partial charge in [-0.3, -0.25) is 9.59 Å². The molecule has 0 atom stereocenters. The van der Waals surface area contributed by atoms with Crippen LogP contribution in [0.5, 0.6) is 0 Å². The maximum Gasteiger partial charge on any atom is 0.211 e. The van der Waals surface area contributed by atoms with Crippen LogP contribution >= 0.6 is 0 Å². The predicted molar refractivity (Wildman–Crippen MR) is 86.6 cm³/mol. The lowest BCUT2D eigenvalue weighted by molar-refractivity contribution is 0.0500. The van der Waals surface area contributed by atoms with Crippen molar-refractivity contribution in [2.45, 2.75) is 6.61 Å². The van der Waals surface area contributed by atoms with Crippen molar-refractivity contribution in [2.24, 2.45) is 7.05 Å². The van der Waals surface area contributed by atoms with Crippen LogP contribution in [0.4, 0.5) is 0 Å². The second-order valence-corrected chi connectivity index (χ2v) is 5.71. The fourth-order valence-electron chi connectivity index (χ4n) is 3.26. The molecule has 1 aliphatic heterocycles. The van der Waals surface area contributed by atoms with E-state index in [1.54, 1.807) is 17.7 Å². The van der Waals surface area contributed by atoms with Crippen LogP contribution in [-0.2, 0) is 18.4 Å². The minimum atomic E-state index is -0.357. The number of nitrogens with zero attached hydrogens (tertiary/aromatic N) is 2. The highest BCUT2D eigenvalue weighted by molar-refractivity contribution is 6.24. The Morgan fingerprint density at radius 2 is 1.96 bits per heavy atom. The third kappa shape index (κ3) is 2.60. The van der Waals surface area contributed by atoms with E-state index < -0.39 is 0 Å². The van der Waals surface area contributed by atoms with Crippen molar-refractivity contribution < 1.29 is 24.5 Å². The molecular formula is C17H20N2O5. The van der Waals surface area contributed by atoms with Crippen LogP contribution in [0.1, 0.15) is 32.1 Å². The SMILES string of the molecule is Cn1c(/C=C/CO)c(CO)c2c1C(=O)C=C(N1CCOCC1)C2=O. The monoisotopic (exact) mass is 332 g/mol. The highest BCUT2D eigenvalue weighted by atomic mass is 16.5. The van der Waals surface area contributed by atoms with Gasteiger partial charge in [0.15, 0.2) is 0 Å². The van der Waals surface area contributed by atoms with Gasteiger partial charge >= 0.3 is 0 Å². The largest absolute Gasteiger partial charge is 0.392 e. The lowest BCUT2D eigenvalue weighted by Crippen LogP contribution is -2.40. The fourth-order valence-corrected chi connectivity index (χ4v) is 3.26. The molecule has 1 aromatic rings. The summed E-state index contributed by atoms with van der Waals surface area (Å²) in [6.45, 7) is 1.61. The maximum atomic E-state index is 13.0. The number of rotatable bonds is 4. The fraction of sp³-hybridized carbons (Fsp3) is 0.412. The molecule has 24 heavy (non-hydrogen) atoms. The van der Waals surface area contributed by atoms with Crippen molar-refractivity contribution in [3.63, 3.8) is 0 Å². The van der Waals surface area contributed by atoms with Gasteiger partial charge in [-0.2, -0.15) is 0 Å². The molecule has 1 saturated heterocycles. The first-order valence-corrected chi connectivity index (χ1v) is 7.83. The average molecular weight is 332 g/mol. The molecule has 0 aromatic carbocycles. The number of morpholine rings is 1. The zero-order valence-electron chi connectivity index (χ0n) is 13.5. The number of hydrogen-bond acceptors (Lipinski definition) is 6. The number of Topliss-reactive ketones (excluding diaryl/α,β-unsaturated/α-hetero) is 1. The predicted octanol–water partition coefficient (Wildman–Crippen LogP) is 0.118. The summed E-state index contributed by atoms with van der Waals surface area (Å²) in [4.78, 5) is 27.4. The number of ketones is 2. The Morgan fingerprint density at radius 1 is 1.25 bits per heavy atom. The molecule has 1 aromatic heterocycles. The summed E-state index contributed by atoms with van der Waals surface area (Å²) in [7, 11) is 1.67. The Morgan fingerprint density at radius 3 is 2.58 bits per heavy atom. The lowest BCUT2D eigenvalue weighted by Gasteiger charge is -2.31. The molecule has 1 fully saturated rings. The number of hydrogen-bond donors (Lipinski definition) is 2. The average Bonchev–Trinajstić information content (AvgIpc) is 2.89. The molecule has 0 amide bonds. The van der Waals surface area contributed by atoms with Gasteiger partial charge in [0.05, 0.1) is 37.7 Å². The van der Waals surface area contributed by atoms with Crippen LogP contribution in [0.2, 0.25) is 0 Å². The Labute approximate surface area is 139 Å². The van der Waals surface area contributed by atoms with Gasteiger partial charge in [-0.1, -0.05) is 6.08 Å². The first-order valence-electron chi connectivity index (χ1n) is 7.83. The second kappa shape index (κ2) is 6.72. The summed E-state index contributed by atoms with van der Waals surface area (Å²) in [6.07, 6.45) is 4.49. The van der Waals surface area contributed by atoms with Crippen LogP contribution < -0.4 is 0 Å². The van der Waals surface area contributed by atoms with Crippen molar-refractivity contribution in [1.82, 2.24) is 9.47 Å². The molecular weight excluding hydrogens is 312 g/mol. The number of aliphatic hydroxyl groups excluding tert-OH is 2. The first kappa shape index (κ1) is 16.6. The third-order valence-electron chi connectivity index (χ3n) is 4.40. The summed E-state index contributed by atoms with van der Waals surface area (Å²) >= 11 is 0. The van der Waals surface area contributed by atoms with Crippen molar-refractivity contribution in [2.75, 3.05) is 32.9 Å². The summed E-state index contributed by atoms with van der Waals surface area (Å²) in [5, 5.41) is 18.7. The van der Waals surface area contributed by atoms with E-state index in [9.17, 15) is 14.7 Å². The van der Waals surface area contributed by atoms with Crippen LogP contribution in [0.3, 0.4) is 0 Å². The minimum Gasteiger partial charge on any atom is -0.392 e. The molecule has 3 rings (SSSR count). The minimum absolute atomic E-state index is 0.167. The van der Waals surface area contributed by atoms with Crippen LogP contribution in [0.15, 0.2) is 17.8 Å². The smallest absolute Gasteiger partial charge is 0.211 e. The molecule has 7 nitrogen and oxygen atoms in total. The topological polar surface area (TPSA) is 92.0 Å². The van der Waals surface area contributed by atoms with Gasteiger partial charge in [-0.25, -0.2) is 0 Å². The zero-order valence-corrected chi connectivity index (χ0v) is 13.5. The highest BCUT2D eigenvalue weighted by Gasteiger charge is 2.35. The van der Waals surface area contributed by atoms with E-state index in [0.29, 0.717) is 43.3 Å². The van der Waals surface area contributed by atoms with Crippen LogP contribution in [0.25, 0.3) is 6.08 Å². The molecule has 2 heterocycles. The normalized spacial score (nSPS) is 18.3. The third-order valence-corrected chi connectivity index (χ3v) is 4.40. The van der Waals surface area contributed by atoms with E-state index in [2.05, 4.69) is 0 Å². The van der Waals surface area contributed by atoms with E-state index >= 15 is 0 Å². The van der Waals surface area contributed by atoms with Gasteiger partial charge in [0, 0.05) is 37.5 Å². The van der Waals surface area contributed by atoms with E-state index in [1.807, 2.05) is 4.90 Å². The number of fused-ring (bicyclic) bond motifs is 1. The molecule has 7 heteroatoms. The number of allylic oxidation sites excluding steroid dienone is 2. The van der Waals surface area contributed by atoms with Gasteiger partial charge in [0.25, 0.3) is 0 Å². The highest BCUT2D eigenvalue weighted by Crippen LogP contribution is 2.31. The summed E-state index contributed by atoms with van der Waals surface area (Å²) in [5.74, 6) is -0.512. The summed E-state index contributed by atoms with van der Waals surface area (Å²) in [5.41, 5.74) is 1.85. The molecule has 2 aliphatic rings. The van der Waals surface area contributed by atoms with Crippen molar-refractivity contribution in [3.8, 4) is 0 Å². The molecule has 0 spiro atoms. The van der Waals surface area contributed by atoms with Crippen molar-refractivity contribution in [3.05, 3.63) is 40.4 Å². The number of ether oxygens (including phenoxy) is 1. The van der Waals surface area contributed by atoms with Gasteiger partial charge in [0.1, 0.15) is 5.69 Å². The zero-order chi connectivity index (χ0) is 17.3. The molecule has 1 aliphatic carbocycles. The van der Waals surface area contributed by atoms with Gasteiger partial charge < -0.3 is 24.4 Å². The number of aliphatic hydroxyl groups is 2. The molecule has 0 unspecified atom stereocenters. The van der Waals surface area contributed by atoms with E-state index in [-0.39, 0.29) is 36.0 Å². The quantitative estimate of drug-likeness (QED) is 0.814. The van der Waals surface area contributed by atoms with Gasteiger partial charge in [0.2, 0.25) is 11.6 Å². The maximum absolute atomic E-state index is 13.0. The molecule has 0 bridgehead atoms. The molecule has 2 N–H and O–H groups in total. The Kier molecular flexibility index (Phi) is 4.66. The Hall–Kier alpha value is -2.22. The Balaban J connectivity index is 2.09. The van der Waals surface area contributed by atoms with E-state index in [0.717, 1.165) is 0 Å². The number of carbonyl (C=O) groups is 2. The Bertz CT molecular complexity index is 739. The van der Waals surface area contributed by atoms with E-state index in [4.69, 9.17) is 9.84 Å². The standard InChI is InChI=1S/C17H20N2O5/c1-18-12(3-2-6-20)11(10-21)15-16(18)14(22)9-13(17(15)23)19-4-7-24-8-5-19/h2-3,9,20-21H,4-8,10H2,1H3/b3-2+. The first-order chi connectivity index (χ1) is 11.6. The van der Waals surface area contributed by atoms with Crippen molar-refractivity contribution in [1.29, 1.82) is 0 Å². The summed E-state index contributed by atoms with van der Waals surface area (Å²) in [6, 6.07) is 0. The molecule has 128 valence electrons. The van der Waals surface area contributed by atoms with Gasteiger partial charge in [-0.15, -0.1) is 0 Å². The lowest BCUT2D eigenvalue weighted by atomic mass is 9.94. The van der Waals surface area contributed by atoms with Gasteiger partial charge in [-0.05, 0) is 6.08 Å². The number of carbonyl (C=O) groups excluding carboxylic acids is 2. The second-order valence-electron chi connectivity index (χ2n) is 5.71.